The average Bonchev–Trinajstić information content (AvgIpc) is 2.67. The van der Waals surface area contributed by atoms with Gasteiger partial charge >= 0.3 is 0 Å². The molecule has 4 heteroatoms. The number of hydrogen-bond donors (Lipinski definition) is 0. The lowest BCUT2D eigenvalue weighted by atomic mass is 10.1. The first-order valence-corrected chi connectivity index (χ1v) is 6.72. The van der Waals surface area contributed by atoms with E-state index in [1.807, 2.05) is 0 Å². The lowest BCUT2D eigenvalue weighted by Gasteiger charge is -1.99. The SMILES string of the molecule is O=C1C(=Cc2ccc(Br)cc2F)C(=O)c2ccccc21. The van der Waals surface area contributed by atoms with Gasteiger partial charge in [0.05, 0.1) is 5.57 Å². The Labute approximate surface area is 123 Å². The molecule has 0 saturated heterocycles. The maximum Gasteiger partial charge on any atom is 0.197 e. The molecule has 98 valence electrons. The summed E-state index contributed by atoms with van der Waals surface area (Å²) >= 11 is 3.16. The molecular weight excluding hydrogens is 323 g/mol. The van der Waals surface area contributed by atoms with Gasteiger partial charge in [0.1, 0.15) is 5.82 Å². The third-order valence-electron chi connectivity index (χ3n) is 3.17. The number of Topliss-reactive ketones (excluding diaryl/α,β-unsaturated/α-hetero) is 2. The van der Waals surface area contributed by atoms with Crippen molar-refractivity contribution < 1.29 is 14.0 Å². The summed E-state index contributed by atoms with van der Waals surface area (Å²) < 4.78 is 14.4. The number of carbonyl (C=O) groups excluding carboxylic acids is 2. The molecule has 0 aliphatic heterocycles. The van der Waals surface area contributed by atoms with Crippen LogP contribution in [0.15, 0.2) is 52.5 Å². The van der Waals surface area contributed by atoms with Crippen molar-refractivity contribution in [2.24, 2.45) is 0 Å². The zero-order valence-corrected chi connectivity index (χ0v) is 11.8. The summed E-state index contributed by atoms with van der Waals surface area (Å²) in [4.78, 5) is 24.3. The van der Waals surface area contributed by atoms with Crippen LogP contribution >= 0.6 is 15.9 Å². The zero-order chi connectivity index (χ0) is 14.3. The van der Waals surface area contributed by atoms with E-state index in [2.05, 4.69) is 15.9 Å². The van der Waals surface area contributed by atoms with Crippen LogP contribution in [0.5, 0.6) is 0 Å². The minimum atomic E-state index is -0.483. The fourth-order valence-electron chi connectivity index (χ4n) is 2.18. The summed E-state index contributed by atoms with van der Waals surface area (Å²) in [6.07, 6.45) is 1.31. The predicted molar refractivity (Wildman–Crippen MR) is 77.2 cm³/mol. The first-order chi connectivity index (χ1) is 9.58. The number of ketones is 2. The Bertz CT molecular complexity index is 741. The van der Waals surface area contributed by atoms with E-state index in [0.717, 1.165) is 0 Å². The van der Waals surface area contributed by atoms with E-state index in [0.29, 0.717) is 15.6 Å². The van der Waals surface area contributed by atoms with Gasteiger partial charge in [-0.3, -0.25) is 9.59 Å². The quantitative estimate of drug-likeness (QED) is 0.584. The molecule has 0 unspecified atom stereocenters. The molecule has 2 aromatic rings. The van der Waals surface area contributed by atoms with Gasteiger partial charge in [-0.15, -0.1) is 0 Å². The highest BCUT2D eigenvalue weighted by Crippen LogP contribution is 2.28. The summed E-state index contributed by atoms with van der Waals surface area (Å²) in [6.45, 7) is 0. The number of carbonyl (C=O) groups is 2. The first-order valence-electron chi connectivity index (χ1n) is 5.93. The molecule has 0 saturated carbocycles. The van der Waals surface area contributed by atoms with Gasteiger partial charge in [0.25, 0.3) is 0 Å². The van der Waals surface area contributed by atoms with Crippen molar-refractivity contribution in [1.29, 1.82) is 0 Å². The Morgan fingerprint density at radius 2 is 1.55 bits per heavy atom. The summed E-state index contributed by atoms with van der Waals surface area (Å²) in [5, 5.41) is 0. The average molecular weight is 331 g/mol. The Hall–Kier alpha value is -2.07. The number of halogens is 2. The molecule has 0 aromatic heterocycles. The Morgan fingerprint density at radius 1 is 0.950 bits per heavy atom. The minimum Gasteiger partial charge on any atom is -0.288 e. The van der Waals surface area contributed by atoms with E-state index >= 15 is 0 Å². The fraction of sp³-hybridized carbons (Fsp3) is 0. The van der Waals surface area contributed by atoms with Crippen LogP contribution in [0.25, 0.3) is 6.08 Å². The molecule has 2 aromatic carbocycles. The summed E-state index contributed by atoms with van der Waals surface area (Å²) in [6, 6.07) is 11.1. The molecule has 1 aliphatic carbocycles. The van der Waals surface area contributed by atoms with E-state index in [-0.39, 0.29) is 22.7 Å². The molecule has 2 nitrogen and oxygen atoms in total. The summed E-state index contributed by atoms with van der Waals surface area (Å²) in [7, 11) is 0. The van der Waals surface area contributed by atoms with Gasteiger partial charge in [0, 0.05) is 21.2 Å². The van der Waals surface area contributed by atoms with E-state index in [1.54, 1.807) is 30.3 Å². The van der Waals surface area contributed by atoms with Crippen molar-refractivity contribution in [1.82, 2.24) is 0 Å². The van der Waals surface area contributed by atoms with Crippen molar-refractivity contribution in [2.45, 2.75) is 0 Å². The van der Waals surface area contributed by atoms with Crippen LogP contribution < -0.4 is 0 Å². The standard InChI is InChI=1S/C16H8BrFO2/c17-10-6-5-9(14(18)8-10)7-13-15(19)11-3-1-2-4-12(11)16(13)20/h1-8H. The minimum absolute atomic E-state index is 0.00687. The number of allylic oxidation sites excluding steroid dienone is 1. The smallest absolute Gasteiger partial charge is 0.197 e. The highest BCUT2D eigenvalue weighted by Gasteiger charge is 2.32. The third-order valence-corrected chi connectivity index (χ3v) is 3.66. The highest BCUT2D eigenvalue weighted by atomic mass is 79.9. The van der Waals surface area contributed by atoms with Gasteiger partial charge in [-0.25, -0.2) is 4.39 Å². The maximum atomic E-state index is 13.8. The molecule has 0 N–H and O–H groups in total. The Kier molecular flexibility index (Phi) is 3.10. The molecule has 0 amide bonds. The summed E-state index contributed by atoms with van der Waals surface area (Å²) in [5.41, 5.74) is 0.979. The maximum absolute atomic E-state index is 13.8. The van der Waals surface area contributed by atoms with E-state index < -0.39 is 5.82 Å². The fourth-order valence-corrected chi connectivity index (χ4v) is 2.51. The third kappa shape index (κ3) is 2.02. The topological polar surface area (TPSA) is 34.1 Å². The lowest BCUT2D eigenvalue weighted by Crippen LogP contribution is -2.00. The first kappa shape index (κ1) is 12.9. The van der Waals surface area contributed by atoms with Crippen molar-refractivity contribution >= 4 is 33.6 Å². The normalized spacial score (nSPS) is 13.6. The van der Waals surface area contributed by atoms with Crippen LogP contribution in [0.1, 0.15) is 26.3 Å². The molecule has 1 aliphatic rings. The van der Waals surface area contributed by atoms with Gasteiger partial charge in [0.2, 0.25) is 0 Å². The van der Waals surface area contributed by atoms with Crippen molar-refractivity contribution in [3.05, 3.63) is 75.0 Å². The Morgan fingerprint density at radius 3 is 2.10 bits per heavy atom. The molecule has 0 radical (unpaired) electrons. The van der Waals surface area contributed by atoms with Crippen LogP contribution in [0.2, 0.25) is 0 Å². The van der Waals surface area contributed by atoms with Crippen LogP contribution in [-0.2, 0) is 0 Å². The molecule has 3 rings (SSSR count). The lowest BCUT2D eigenvalue weighted by molar-refractivity contribution is 0.0990. The number of rotatable bonds is 1. The molecule has 0 atom stereocenters. The van der Waals surface area contributed by atoms with Gasteiger partial charge < -0.3 is 0 Å². The van der Waals surface area contributed by atoms with Gasteiger partial charge in [-0.05, 0) is 18.2 Å². The van der Waals surface area contributed by atoms with Gasteiger partial charge in [0.15, 0.2) is 11.6 Å². The molecule has 20 heavy (non-hydrogen) atoms. The second-order valence-electron chi connectivity index (χ2n) is 4.43. The van der Waals surface area contributed by atoms with Crippen LogP contribution in [0.3, 0.4) is 0 Å². The predicted octanol–water partition coefficient (Wildman–Crippen LogP) is 4.05. The van der Waals surface area contributed by atoms with Crippen LogP contribution in [-0.4, -0.2) is 11.6 Å². The molecule has 0 heterocycles. The van der Waals surface area contributed by atoms with Crippen molar-refractivity contribution in [2.75, 3.05) is 0 Å². The largest absolute Gasteiger partial charge is 0.288 e. The molecule has 0 spiro atoms. The van der Waals surface area contributed by atoms with Crippen molar-refractivity contribution in [3.63, 3.8) is 0 Å². The zero-order valence-electron chi connectivity index (χ0n) is 10.2. The molecular formula is C16H8BrFO2. The highest BCUT2D eigenvalue weighted by molar-refractivity contribution is 9.10. The number of fused-ring (bicyclic) bond motifs is 1. The Balaban J connectivity index is 2.11. The second-order valence-corrected chi connectivity index (χ2v) is 5.34. The van der Waals surface area contributed by atoms with Crippen LogP contribution in [0.4, 0.5) is 4.39 Å². The van der Waals surface area contributed by atoms with Crippen molar-refractivity contribution in [3.8, 4) is 0 Å². The van der Waals surface area contributed by atoms with Gasteiger partial charge in [-0.2, -0.15) is 0 Å². The second kappa shape index (κ2) is 4.80. The summed E-state index contributed by atoms with van der Waals surface area (Å²) in [5.74, 6) is -1.19. The number of benzene rings is 2. The van der Waals surface area contributed by atoms with E-state index in [4.69, 9.17) is 0 Å². The number of hydrogen-bond acceptors (Lipinski definition) is 2. The molecule has 0 fully saturated rings. The monoisotopic (exact) mass is 330 g/mol. The van der Waals surface area contributed by atoms with Gasteiger partial charge in [-0.1, -0.05) is 46.3 Å². The van der Waals surface area contributed by atoms with E-state index in [1.165, 1.54) is 18.2 Å². The molecule has 0 bridgehead atoms. The van der Waals surface area contributed by atoms with Crippen LogP contribution in [0, 0.1) is 5.82 Å². The van der Waals surface area contributed by atoms with E-state index in [9.17, 15) is 14.0 Å².